The van der Waals surface area contributed by atoms with Gasteiger partial charge < -0.3 is 15.0 Å². The van der Waals surface area contributed by atoms with Crippen molar-refractivity contribution >= 4 is 5.69 Å². The fourth-order valence-electron chi connectivity index (χ4n) is 2.61. The van der Waals surface area contributed by atoms with Gasteiger partial charge in [0.1, 0.15) is 6.23 Å². The molecule has 1 atom stereocenters. The summed E-state index contributed by atoms with van der Waals surface area (Å²) < 4.78 is 5.92. The Morgan fingerprint density at radius 1 is 1.14 bits per heavy atom. The molecule has 1 fully saturated rings. The summed E-state index contributed by atoms with van der Waals surface area (Å²) in [5, 5.41) is 12.3. The molecule has 3 rings (SSSR count). The van der Waals surface area contributed by atoms with Crippen LogP contribution in [0.5, 0.6) is 0 Å². The molecular weight excluding hydrogens is 274 g/mol. The van der Waals surface area contributed by atoms with Crippen molar-refractivity contribution in [1.29, 1.82) is 5.26 Å². The largest absolute Gasteiger partial charge is 0.356 e. The summed E-state index contributed by atoms with van der Waals surface area (Å²) in [7, 11) is 0. The molecule has 0 radical (unpaired) electrons. The highest BCUT2D eigenvalue weighted by Crippen LogP contribution is 2.21. The van der Waals surface area contributed by atoms with Gasteiger partial charge in [0.2, 0.25) is 0 Å². The van der Waals surface area contributed by atoms with Crippen molar-refractivity contribution in [2.75, 3.05) is 24.6 Å². The lowest BCUT2D eigenvalue weighted by Crippen LogP contribution is -2.49. The van der Waals surface area contributed by atoms with Crippen LogP contribution >= 0.6 is 0 Å². The molecule has 0 aromatic heterocycles. The van der Waals surface area contributed by atoms with Gasteiger partial charge in [-0.1, -0.05) is 30.3 Å². The second-order valence-corrected chi connectivity index (χ2v) is 5.30. The Morgan fingerprint density at radius 3 is 2.55 bits per heavy atom. The van der Waals surface area contributed by atoms with Crippen molar-refractivity contribution in [3.05, 3.63) is 65.7 Å². The quantitative estimate of drug-likeness (QED) is 0.941. The average Bonchev–Trinajstić information content (AvgIpc) is 2.62. The van der Waals surface area contributed by atoms with Crippen LogP contribution in [0.3, 0.4) is 0 Å². The molecule has 2 aromatic rings. The third-order valence-electron chi connectivity index (χ3n) is 3.78. The van der Waals surface area contributed by atoms with Crippen LogP contribution in [0.2, 0.25) is 0 Å². The van der Waals surface area contributed by atoms with Crippen LogP contribution in [0.1, 0.15) is 11.1 Å². The summed E-state index contributed by atoms with van der Waals surface area (Å²) >= 11 is 0. The van der Waals surface area contributed by atoms with Crippen LogP contribution in [0.25, 0.3) is 0 Å². The van der Waals surface area contributed by atoms with Crippen molar-refractivity contribution in [3.8, 4) is 6.07 Å². The molecule has 1 N–H and O–H groups in total. The van der Waals surface area contributed by atoms with Gasteiger partial charge in [0, 0.05) is 25.3 Å². The number of nitrogens with zero attached hydrogens (tertiary/aromatic N) is 2. The highest BCUT2D eigenvalue weighted by atomic mass is 16.5. The maximum atomic E-state index is 8.90. The first-order chi connectivity index (χ1) is 10.9. The van der Waals surface area contributed by atoms with E-state index in [0.29, 0.717) is 5.56 Å². The number of ether oxygens (including phenoxy) is 1. The van der Waals surface area contributed by atoms with Crippen molar-refractivity contribution in [2.45, 2.75) is 12.8 Å². The molecule has 4 nitrogen and oxygen atoms in total. The molecule has 1 saturated heterocycles. The van der Waals surface area contributed by atoms with Crippen LogP contribution in [-0.4, -0.2) is 25.9 Å². The Hall–Kier alpha value is -2.35. The summed E-state index contributed by atoms with van der Waals surface area (Å²) in [4.78, 5) is 2.26. The summed E-state index contributed by atoms with van der Waals surface area (Å²) in [6, 6.07) is 20.2. The second kappa shape index (κ2) is 7.08. The number of rotatable bonds is 4. The molecule has 1 unspecified atom stereocenters. The monoisotopic (exact) mass is 293 g/mol. The molecule has 0 spiro atoms. The van der Waals surface area contributed by atoms with Crippen LogP contribution in [0, 0.1) is 11.3 Å². The Morgan fingerprint density at radius 2 is 1.91 bits per heavy atom. The lowest BCUT2D eigenvalue weighted by Gasteiger charge is -2.36. The number of morpholine rings is 1. The minimum Gasteiger partial charge on any atom is -0.356 e. The topological polar surface area (TPSA) is 48.3 Å². The van der Waals surface area contributed by atoms with Crippen molar-refractivity contribution < 1.29 is 4.74 Å². The number of benzene rings is 2. The van der Waals surface area contributed by atoms with Gasteiger partial charge in [-0.25, -0.2) is 0 Å². The first kappa shape index (κ1) is 14.6. The number of hydrogen-bond donors (Lipinski definition) is 1. The third kappa shape index (κ3) is 3.45. The van der Waals surface area contributed by atoms with Gasteiger partial charge in [-0.05, 0) is 29.8 Å². The van der Waals surface area contributed by atoms with Gasteiger partial charge in [0.05, 0.1) is 18.2 Å². The zero-order chi connectivity index (χ0) is 15.2. The number of nitrogens with one attached hydrogen (secondary N) is 1. The fourth-order valence-corrected chi connectivity index (χ4v) is 2.61. The predicted molar refractivity (Wildman–Crippen MR) is 86.4 cm³/mol. The predicted octanol–water partition coefficient (Wildman–Crippen LogP) is 2.51. The Balaban J connectivity index is 1.82. The first-order valence-corrected chi connectivity index (χ1v) is 7.50. The highest BCUT2D eigenvalue weighted by Gasteiger charge is 2.22. The molecule has 1 aliphatic heterocycles. The lowest BCUT2D eigenvalue weighted by molar-refractivity contribution is 0.0256. The van der Waals surface area contributed by atoms with Crippen molar-refractivity contribution in [2.24, 2.45) is 0 Å². The summed E-state index contributed by atoms with van der Waals surface area (Å²) in [6.45, 7) is 3.19. The maximum Gasteiger partial charge on any atom is 0.143 e. The second-order valence-electron chi connectivity index (χ2n) is 5.30. The first-order valence-electron chi connectivity index (χ1n) is 7.50. The highest BCUT2D eigenvalue weighted by molar-refractivity contribution is 5.47. The fraction of sp³-hybridized carbons (Fsp3) is 0.278. The Bertz CT molecular complexity index is 628. The van der Waals surface area contributed by atoms with Gasteiger partial charge in [0.25, 0.3) is 0 Å². The number of hydrogen-bond acceptors (Lipinski definition) is 4. The van der Waals surface area contributed by atoms with E-state index in [-0.39, 0.29) is 6.23 Å². The lowest BCUT2D eigenvalue weighted by atomic mass is 10.1. The molecule has 1 aliphatic rings. The van der Waals surface area contributed by atoms with E-state index in [4.69, 9.17) is 10.00 Å². The molecule has 0 bridgehead atoms. The molecule has 2 aromatic carbocycles. The van der Waals surface area contributed by atoms with Gasteiger partial charge >= 0.3 is 0 Å². The van der Waals surface area contributed by atoms with Gasteiger partial charge in [-0.3, -0.25) is 0 Å². The zero-order valence-corrected chi connectivity index (χ0v) is 12.4. The molecule has 112 valence electrons. The number of para-hydroxylation sites is 1. The normalized spacial score (nSPS) is 17.7. The molecule has 0 amide bonds. The van der Waals surface area contributed by atoms with Crippen LogP contribution in [0.15, 0.2) is 54.6 Å². The van der Waals surface area contributed by atoms with Gasteiger partial charge in [-0.15, -0.1) is 0 Å². The molecule has 1 heterocycles. The molecule has 4 heteroatoms. The summed E-state index contributed by atoms with van der Waals surface area (Å²) in [5.74, 6) is 0. The van der Waals surface area contributed by atoms with E-state index < -0.39 is 0 Å². The molecule has 0 saturated carbocycles. The zero-order valence-electron chi connectivity index (χ0n) is 12.4. The SMILES string of the molecule is N#Cc1ccc(CN(c2ccccc2)C2CNCCO2)cc1. The van der Waals surface area contributed by atoms with E-state index >= 15 is 0 Å². The maximum absolute atomic E-state index is 8.90. The Labute approximate surface area is 130 Å². The van der Waals surface area contributed by atoms with E-state index in [0.717, 1.165) is 37.5 Å². The van der Waals surface area contributed by atoms with Crippen LogP contribution in [0.4, 0.5) is 5.69 Å². The van der Waals surface area contributed by atoms with Crippen molar-refractivity contribution in [3.63, 3.8) is 0 Å². The van der Waals surface area contributed by atoms with Crippen LogP contribution < -0.4 is 10.2 Å². The average molecular weight is 293 g/mol. The molecule has 22 heavy (non-hydrogen) atoms. The molecular formula is C18H19N3O. The van der Waals surface area contributed by atoms with Gasteiger partial charge in [0.15, 0.2) is 0 Å². The Kier molecular flexibility index (Phi) is 4.69. The number of nitriles is 1. The summed E-state index contributed by atoms with van der Waals surface area (Å²) in [5.41, 5.74) is 2.99. The van der Waals surface area contributed by atoms with E-state index in [1.165, 1.54) is 0 Å². The third-order valence-corrected chi connectivity index (χ3v) is 3.78. The minimum atomic E-state index is 0.0202. The number of anilines is 1. The van der Waals surface area contributed by atoms with E-state index in [2.05, 4.69) is 28.4 Å². The van der Waals surface area contributed by atoms with Crippen molar-refractivity contribution in [1.82, 2.24) is 5.32 Å². The van der Waals surface area contributed by atoms with E-state index in [1.54, 1.807) is 0 Å². The molecule has 0 aliphatic carbocycles. The van der Waals surface area contributed by atoms with Gasteiger partial charge in [-0.2, -0.15) is 5.26 Å². The van der Waals surface area contributed by atoms with Crippen LogP contribution in [-0.2, 0) is 11.3 Å². The van der Waals surface area contributed by atoms with E-state index in [9.17, 15) is 0 Å². The minimum absolute atomic E-state index is 0.0202. The standard InChI is InChI=1S/C18H19N3O/c19-12-15-6-8-16(9-7-15)14-21(17-4-2-1-3-5-17)18-13-20-10-11-22-18/h1-9,18,20H,10-11,13-14H2. The summed E-state index contributed by atoms with van der Waals surface area (Å²) in [6.07, 6.45) is 0.0202. The smallest absolute Gasteiger partial charge is 0.143 e. The van der Waals surface area contributed by atoms with E-state index in [1.807, 2.05) is 42.5 Å².